The monoisotopic (exact) mass is 383 g/mol. The maximum Gasteiger partial charge on any atom is 0.238 e. The van der Waals surface area contributed by atoms with Crippen LogP contribution in [0.15, 0.2) is 46.4 Å². The van der Waals surface area contributed by atoms with Gasteiger partial charge in [-0.2, -0.15) is 0 Å². The van der Waals surface area contributed by atoms with Crippen molar-refractivity contribution in [3.05, 3.63) is 52.8 Å². The topological polar surface area (TPSA) is 92.7 Å². The zero-order valence-electron chi connectivity index (χ0n) is 14.4. The maximum absolute atomic E-state index is 11.4. The molecule has 0 bridgehead atoms. The van der Waals surface area contributed by atoms with Crippen LogP contribution >= 0.6 is 11.6 Å². The molecule has 0 aliphatic rings. The fourth-order valence-corrected chi connectivity index (χ4v) is 3.30. The predicted molar refractivity (Wildman–Crippen MR) is 99.9 cm³/mol. The molecule has 7 nitrogen and oxygen atoms in total. The van der Waals surface area contributed by atoms with Gasteiger partial charge in [0.05, 0.1) is 16.5 Å². The Balaban J connectivity index is 2.04. The zero-order chi connectivity index (χ0) is 18.6. The Kier molecular flexibility index (Phi) is 6.10. The van der Waals surface area contributed by atoms with Crippen LogP contribution in [0.5, 0.6) is 0 Å². The first-order chi connectivity index (χ1) is 11.7. The van der Waals surface area contributed by atoms with Crippen molar-refractivity contribution in [1.82, 2.24) is 14.8 Å². The van der Waals surface area contributed by atoms with Gasteiger partial charge in [-0.15, -0.1) is 0 Å². The van der Waals surface area contributed by atoms with Crippen molar-refractivity contribution in [2.75, 3.05) is 14.1 Å². The molecule has 3 N–H and O–H groups in total. The second-order valence-electron chi connectivity index (χ2n) is 5.71. The van der Waals surface area contributed by atoms with E-state index in [9.17, 15) is 8.42 Å². The minimum Gasteiger partial charge on any atom is -0.352 e. The number of sulfonamides is 1. The number of rotatable bonds is 5. The summed E-state index contributed by atoms with van der Waals surface area (Å²) in [7, 11) is 1.83. The number of nitrogens with one attached hydrogen (secondary N) is 1. The van der Waals surface area contributed by atoms with Gasteiger partial charge in [0.15, 0.2) is 5.96 Å². The summed E-state index contributed by atoms with van der Waals surface area (Å²) in [6.07, 6.45) is 1.85. The third-order valence-electron chi connectivity index (χ3n) is 3.72. The number of hydrogen-bond acceptors (Lipinski definition) is 3. The van der Waals surface area contributed by atoms with E-state index in [-0.39, 0.29) is 4.90 Å². The average molecular weight is 384 g/mol. The van der Waals surface area contributed by atoms with Crippen molar-refractivity contribution in [3.8, 4) is 0 Å². The molecule has 1 aromatic heterocycles. The highest BCUT2D eigenvalue weighted by molar-refractivity contribution is 7.89. The molecule has 0 aliphatic carbocycles. The highest BCUT2D eigenvalue weighted by Crippen LogP contribution is 2.14. The van der Waals surface area contributed by atoms with E-state index in [1.165, 1.54) is 6.07 Å². The maximum atomic E-state index is 11.4. The van der Waals surface area contributed by atoms with Gasteiger partial charge in [0.1, 0.15) is 0 Å². The van der Waals surface area contributed by atoms with E-state index < -0.39 is 10.0 Å². The van der Waals surface area contributed by atoms with Gasteiger partial charge < -0.3 is 14.8 Å². The van der Waals surface area contributed by atoms with Gasteiger partial charge in [0, 0.05) is 39.6 Å². The molecule has 0 fully saturated rings. The molecule has 0 aliphatic heterocycles. The minimum absolute atomic E-state index is 0.0913. The number of aryl methyl sites for hydroxylation is 1. The molecule has 1 aromatic carbocycles. The van der Waals surface area contributed by atoms with Crippen LogP contribution in [0.4, 0.5) is 0 Å². The minimum atomic E-state index is -3.71. The highest BCUT2D eigenvalue weighted by Gasteiger charge is 2.11. The van der Waals surface area contributed by atoms with Crippen LogP contribution in [0.25, 0.3) is 0 Å². The lowest BCUT2D eigenvalue weighted by molar-refractivity contribution is 0.461. The van der Waals surface area contributed by atoms with Crippen molar-refractivity contribution in [2.24, 2.45) is 17.2 Å². The molecule has 0 saturated carbocycles. The van der Waals surface area contributed by atoms with E-state index in [1.54, 1.807) is 19.2 Å². The molecular weight excluding hydrogens is 362 g/mol. The molecule has 0 radical (unpaired) electrons. The quantitative estimate of drug-likeness (QED) is 0.605. The summed E-state index contributed by atoms with van der Waals surface area (Å²) < 4.78 is 24.8. The Morgan fingerprint density at radius 1 is 1.40 bits per heavy atom. The number of benzene rings is 1. The van der Waals surface area contributed by atoms with Crippen molar-refractivity contribution in [1.29, 1.82) is 0 Å². The van der Waals surface area contributed by atoms with E-state index >= 15 is 0 Å². The fraction of sp³-hybridized carbons (Fsp3) is 0.312. The molecular formula is C16H22ClN5O2S. The van der Waals surface area contributed by atoms with E-state index in [0.29, 0.717) is 24.1 Å². The van der Waals surface area contributed by atoms with Gasteiger partial charge in [-0.25, -0.2) is 13.6 Å². The van der Waals surface area contributed by atoms with E-state index in [2.05, 4.69) is 10.3 Å². The number of halogens is 1. The largest absolute Gasteiger partial charge is 0.352 e. The predicted octanol–water partition coefficient (Wildman–Crippen LogP) is 1.53. The van der Waals surface area contributed by atoms with Crippen molar-refractivity contribution in [3.63, 3.8) is 0 Å². The summed E-state index contributed by atoms with van der Waals surface area (Å²) in [5.41, 5.74) is 1.84. The second-order valence-corrected chi connectivity index (χ2v) is 7.71. The first-order valence-electron chi connectivity index (χ1n) is 7.55. The number of hydrogen-bond donors (Lipinski definition) is 2. The van der Waals surface area contributed by atoms with Crippen LogP contribution in [0.2, 0.25) is 5.02 Å². The van der Waals surface area contributed by atoms with Crippen molar-refractivity contribution >= 4 is 27.6 Å². The van der Waals surface area contributed by atoms with Crippen LogP contribution < -0.4 is 10.5 Å². The van der Waals surface area contributed by atoms with Crippen LogP contribution in [-0.2, 0) is 30.2 Å². The van der Waals surface area contributed by atoms with Crippen LogP contribution in [0.3, 0.4) is 0 Å². The molecule has 9 heteroatoms. The van der Waals surface area contributed by atoms with Crippen LogP contribution in [0, 0.1) is 0 Å². The fourth-order valence-electron chi connectivity index (χ4n) is 2.44. The lowest BCUT2D eigenvalue weighted by atomic mass is 10.2. The van der Waals surface area contributed by atoms with Crippen molar-refractivity contribution in [2.45, 2.75) is 18.0 Å². The van der Waals surface area contributed by atoms with Gasteiger partial charge >= 0.3 is 0 Å². The van der Waals surface area contributed by atoms with Crippen LogP contribution in [0.1, 0.15) is 11.3 Å². The highest BCUT2D eigenvalue weighted by atomic mass is 35.5. The zero-order valence-corrected chi connectivity index (χ0v) is 16.0. The van der Waals surface area contributed by atoms with E-state index in [1.807, 2.05) is 41.9 Å². The average Bonchev–Trinajstić information content (AvgIpc) is 2.85. The molecule has 2 rings (SSSR count). The molecule has 0 saturated heterocycles. The summed E-state index contributed by atoms with van der Waals surface area (Å²) in [6.45, 7) is 1.05. The summed E-state index contributed by atoms with van der Waals surface area (Å²) in [5, 5.41) is 9.06. The summed E-state index contributed by atoms with van der Waals surface area (Å²) in [5.74, 6) is 0.679. The Morgan fingerprint density at radius 3 is 2.68 bits per heavy atom. The smallest absolute Gasteiger partial charge is 0.238 e. The van der Waals surface area contributed by atoms with Gasteiger partial charge in [-0.05, 0) is 23.8 Å². The van der Waals surface area contributed by atoms with Gasteiger partial charge in [0.25, 0.3) is 0 Å². The summed E-state index contributed by atoms with van der Waals surface area (Å²) in [6, 6.07) is 8.41. The number of guanidine groups is 1. The third-order valence-corrected chi connectivity index (χ3v) is 4.84. The Morgan fingerprint density at radius 2 is 2.12 bits per heavy atom. The SMILES string of the molecule is CN=C(NCc1cccc(S(N)(=O)=O)c1)N(C)Cc1cc(Cl)cn1C. The lowest BCUT2D eigenvalue weighted by Gasteiger charge is -2.22. The number of aliphatic imine (C=N–C) groups is 1. The lowest BCUT2D eigenvalue weighted by Crippen LogP contribution is -2.38. The number of nitrogens with zero attached hydrogens (tertiary/aromatic N) is 3. The molecule has 0 spiro atoms. The first-order valence-corrected chi connectivity index (χ1v) is 9.47. The first kappa shape index (κ1) is 19.3. The summed E-state index contributed by atoms with van der Waals surface area (Å²) >= 11 is 6.01. The number of aromatic nitrogens is 1. The van der Waals surface area contributed by atoms with Crippen LogP contribution in [-0.4, -0.2) is 37.9 Å². The summed E-state index contributed by atoms with van der Waals surface area (Å²) in [4.78, 5) is 6.30. The molecule has 2 aromatic rings. The third kappa shape index (κ3) is 5.22. The Hall–Kier alpha value is -2.03. The number of nitrogens with two attached hydrogens (primary N) is 1. The Labute approximate surface area is 153 Å². The molecule has 1 heterocycles. The Bertz CT molecular complexity index is 876. The van der Waals surface area contributed by atoms with Gasteiger partial charge in [-0.3, -0.25) is 4.99 Å². The second kappa shape index (κ2) is 7.90. The normalized spacial score (nSPS) is 12.3. The van der Waals surface area contributed by atoms with Crippen molar-refractivity contribution < 1.29 is 8.42 Å². The standard InChI is InChI=1S/C16H22ClN5O2S/c1-19-16(22(3)11-14-8-13(17)10-21(14)2)20-9-12-5-4-6-15(7-12)25(18,23)24/h4-8,10H,9,11H2,1-3H3,(H,19,20)(H2,18,23,24). The molecule has 136 valence electrons. The molecule has 0 atom stereocenters. The number of primary sulfonamides is 1. The van der Waals surface area contributed by atoms with Gasteiger partial charge in [0.2, 0.25) is 10.0 Å². The van der Waals surface area contributed by atoms with E-state index in [4.69, 9.17) is 16.7 Å². The van der Waals surface area contributed by atoms with Gasteiger partial charge in [-0.1, -0.05) is 23.7 Å². The molecule has 0 amide bonds. The van der Waals surface area contributed by atoms with E-state index in [0.717, 1.165) is 11.3 Å². The molecule has 0 unspecified atom stereocenters. The molecule has 25 heavy (non-hydrogen) atoms.